The van der Waals surface area contributed by atoms with Gasteiger partial charge in [0.05, 0.1) is 31.9 Å². The largest absolute Gasteiger partial charge is 0.495 e. The number of aliphatic hydroxyl groups excluding tert-OH is 1. The molecule has 1 aliphatic heterocycles. The smallest absolute Gasteiger partial charge is 0.229 e. The first-order chi connectivity index (χ1) is 12.2. The van der Waals surface area contributed by atoms with E-state index in [0.29, 0.717) is 29.5 Å². The average molecular weight is 380 g/mol. The summed E-state index contributed by atoms with van der Waals surface area (Å²) in [6.07, 6.45) is 3.47. The van der Waals surface area contributed by atoms with Crippen molar-refractivity contribution in [3.05, 3.63) is 47.0 Å². The second kappa shape index (κ2) is 8.25. The van der Waals surface area contributed by atoms with Gasteiger partial charge in [0, 0.05) is 7.05 Å². The minimum absolute atomic E-state index is 0.0364. The Hall–Kier alpha value is -1.82. The van der Waals surface area contributed by atoms with Crippen LogP contribution in [0.5, 0.6) is 5.75 Å². The molecule has 1 fully saturated rings. The van der Waals surface area contributed by atoms with Gasteiger partial charge in [-0.25, -0.2) is 0 Å². The highest BCUT2D eigenvalue weighted by molar-refractivity contribution is 6.35. The molecule has 1 aromatic rings. The van der Waals surface area contributed by atoms with Crippen LogP contribution >= 0.6 is 11.6 Å². The number of aliphatic hydroxyl groups is 1. The summed E-state index contributed by atoms with van der Waals surface area (Å²) < 4.78 is 10.6. The molecule has 0 spiro atoms. The summed E-state index contributed by atoms with van der Waals surface area (Å²) in [4.78, 5) is 14.1. The first kappa shape index (κ1) is 20.5. The van der Waals surface area contributed by atoms with Gasteiger partial charge in [0.25, 0.3) is 0 Å². The molecule has 2 rings (SSSR count). The SMILES string of the molecule is C=C/C=C(\C)Cc1cc(OC)c(Cl)c(N(C)C(=O)CC(O)[C@@]2(C)CO2)c1. The van der Waals surface area contributed by atoms with Crippen LogP contribution in [-0.4, -0.2) is 43.5 Å². The van der Waals surface area contributed by atoms with Gasteiger partial charge < -0.3 is 19.5 Å². The van der Waals surface area contributed by atoms with Gasteiger partial charge in [-0.05, 0) is 38.0 Å². The lowest BCUT2D eigenvalue weighted by Gasteiger charge is -2.23. The molecule has 1 aromatic carbocycles. The van der Waals surface area contributed by atoms with E-state index in [1.54, 1.807) is 20.0 Å². The molecular formula is C20H26ClNO4. The second-order valence-electron chi connectivity index (χ2n) is 6.83. The lowest BCUT2D eigenvalue weighted by atomic mass is 10.0. The van der Waals surface area contributed by atoms with Crippen LogP contribution in [0.4, 0.5) is 5.69 Å². The van der Waals surface area contributed by atoms with E-state index in [-0.39, 0.29) is 12.3 Å². The summed E-state index contributed by atoms with van der Waals surface area (Å²) in [5, 5.41) is 10.5. The van der Waals surface area contributed by atoms with Crippen LogP contribution < -0.4 is 9.64 Å². The quantitative estimate of drug-likeness (QED) is 0.554. The highest BCUT2D eigenvalue weighted by atomic mass is 35.5. The normalized spacial score (nSPS) is 20.5. The number of anilines is 1. The van der Waals surface area contributed by atoms with Crippen molar-refractivity contribution in [3.8, 4) is 5.75 Å². The molecule has 0 saturated carbocycles. The number of nitrogens with zero attached hydrogens (tertiary/aromatic N) is 1. The van der Waals surface area contributed by atoms with Crippen LogP contribution in [0.2, 0.25) is 5.02 Å². The standard InChI is InChI=1S/C20H26ClNO4/c1-6-7-13(2)8-14-9-15(19(21)16(10-14)25-5)22(4)18(24)11-17(23)20(3)12-26-20/h6-7,9-10,17,23H,1,8,11-12H2,2-5H3/b13-7+/t17?,20-/m1/s1. The van der Waals surface area contributed by atoms with Gasteiger partial charge in [-0.3, -0.25) is 4.79 Å². The van der Waals surface area contributed by atoms with Crippen molar-refractivity contribution in [2.45, 2.75) is 38.4 Å². The predicted octanol–water partition coefficient (Wildman–Crippen LogP) is 3.53. The Balaban J connectivity index is 2.26. The maximum Gasteiger partial charge on any atom is 0.229 e. The number of epoxide rings is 1. The van der Waals surface area contributed by atoms with Crippen molar-refractivity contribution < 1.29 is 19.4 Å². The Labute approximate surface area is 159 Å². The van der Waals surface area contributed by atoms with Gasteiger partial charge in [-0.1, -0.05) is 35.9 Å². The Morgan fingerprint density at radius 3 is 2.77 bits per heavy atom. The molecule has 1 heterocycles. The zero-order chi connectivity index (χ0) is 19.5. The molecule has 5 nitrogen and oxygen atoms in total. The first-order valence-electron chi connectivity index (χ1n) is 8.45. The number of amides is 1. The Kier molecular flexibility index (Phi) is 6.50. The molecule has 1 aliphatic rings. The van der Waals surface area contributed by atoms with Crippen molar-refractivity contribution in [3.63, 3.8) is 0 Å². The van der Waals surface area contributed by atoms with Crippen LogP contribution in [0.3, 0.4) is 0 Å². The topological polar surface area (TPSA) is 62.3 Å². The third-order valence-electron chi connectivity index (χ3n) is 4.59. The van der Waals surface area contributed by atoms with Crippen LogP contribution in [0.1, 0.15) is 25.8 Å². The zero-order valence-electron chi connectivity index (χ0n) is 15.7. The monoisotopic (exact) mass is 379 g/mol. The fraction of sp³-hybridized carbons (Fsp3) is 0.450. The predicted molar refractivity (Wildman–Crippen MR) is 104 cm³/mol. The number of benzene rings is 1. The summed E-state index contributed by atoms with van der Waals surface area (Å²) >= 11 is 6.42. The second-order valence-corrected chi connectivity index (χ2v) is 7.21. The Morgan fingerprint density at radius 1 is 1.58 bits per heavy atom. The first-order valence-corrected chi connectivity index (χ1v) is 8.82. The molecule has 2 atom stereocenters. The van der Waals surface area contributed by atoms with Crippen LogP contribution in [-0.2, 0) is 16.0 Å². The minimum Gasteiger partial charge on any atom is -0.495 e. The highest BCUT2D eigenvalue weighted by Gasteiger charge is 2.47. The maximum atomic E-state index is 12.6. The molecule has 26 heavy (non-hydrogen) atoms. The van der Waals surface area contributed by atoms with E-state index in [1.165, 1.54) is 12.0 Å². The summed E-state index contributed by atoms with van der Waals surface area (Å²) in [5.74, 6) is 0.261. The van der Waals surface area contributed by atoms with Crippen LogP contribution in [0.15, 0.2) is 36.4 Å². The molecule has 1 N–H and O–H groups in total. The molecule has 142 valence electrons. The molecule has 6 heteroatoms. The number of allylic oxidation sites excluding steroid dienone is 3. The lowest BCUT2D eigenvalue weighted by molar-refractivity contribution is -0.121. The number of carbonyl (C=O) groups is 1. The van der Waals surface area contributed by atoms with E-state index in [2.05, 4.69) is 6.58 Å². The lowest BCUT2D eigenvalue weighted by Crippen LogP contribution is -2.35. The van der Waals surface area contributed by atoms with Crippen molar-refractivity contribution >= 4 is 23.2 Å². The number of carbonyl (C=O) groups excluding carboxylic acids is 1. The molecule has 1 unspecified atom stereocenters. The van der Waals surface area contributed by atoms with Crippen molar-refractivity contribution in [2.75, 3.05) is 25.7 Å². The Morgan fingerprint density at radius 2 is 2.23 bits per heavy atom. The molecule has 0 bridgehead atoms. The van der Waals surface area contributed by atoms with Crippen LogP contribution in [0.25, 0.3) is 0 Å². The van der Waals surface area contributed by atoms with E-state index in [0.717, 1.165) is 11.1 Å². The average Bonchev–Trinajstić information content (AvgIpc) is 3.34. The zero-order valence-corrected chi connectivity index (χ0v) is 16.5. The van der Waals surface area contributed by atoms with Crippen molar-refractivity contribution in [1.82, 2.24) is 0 Å². The summed E-state index contributed by atoms with van der Waals surface area (Å²) in [6.45, 7) is 7.96. The molecular weight excluding hydrogens is 354 g/mol. The Bertz CT molecular complexity index is 725. The summed E-state index contributed by atoms with van der Waals surface area (Å²) in [7, 11) is 3.18. The summed E-state index contributed by atoms with van der Waals surface area (Å²) in [5.41, 5.74) is 2.02. The number of halogens is 1. The van der Waals surface area contributed by atoms with Gasteiger partial charge in [-0.15, -0.1) is 0 Å². The van der Waals surface area contributed by atoms with Gasteiger partial charge in [0.15, 0.2) is 0 Å². The van der Waals surface area contributed by atoms with E-state index in [4.69, 9.17) is 21.1 Å². The summed E-state index contributed by atoms with van der Waals surface area (Å²) in [6, 6.07) is 3.73. The number of methoxy groups -OCH3 is 1. The number of rotatable bonds is 8. The number of hydrogen-bond acceptors (Lipinski definition) is 4. The van der Waals surface area contributed by atoms with E-state index in [9.17, 15) is 9.90 Å². The maximum absolute atomic E-state index is 12.6. The number of ether oxygens (including phenoxy) is 2. The van der Waals surface area contributed by atoms with Gasteiger partial charge in [-0.2, -0.15) is 0 Å². The number of hydrogen-bond donors (Lipinski definition) is 1. The molecule has 0 aromatic heterocycles. The molecule has 1 amide bonds. The van der Waals surface area contributed by atoms with E-state index in [1.807, 2.05) is 25.1 Å². The van der Waals surface area contributed by atoms with E-state index < -0.39 is 11.7 Å². The fourth-order valence-corrected chi connectivity index (χ4v) is 2.99. The van der Waals surface area contributed by atoms with Gasteiger partial charge >= 0.3 is 0 Å². The van der Waals surface area contributed by atoms with Crippen molar-refractivity contribution in [1.29, 1.82) is 0 Å². The molecule has 0 aliphatic carbocycles. The third kappa shape index (κ3) is 4.67. The van der Waals surface area contributed by atoms with Gasteiger partial charge in [0.2, 0.25) is 5.91 Å². The fourth-order valence-electron chi connectivity index (χ4n) is 2.67. The van der Waals surface area contributed by atoms with Crippen molar-refractivity contribution in [2.24, 2.45) is 0 Å². The highest BCUT2D eigenvalue weighted by Crippen LogP contribution is 2.37. The van der Waals surface area contributed by atoms with Crippen LogP contribution in [0, 0.1) is 0 Å². The molecule has 1 saturated heterocycles. The molecule has 0 radical (unpaired) electrons. The van der Waals surface area contributed by atoms with Gasteiger partial charge in [0.1, 0.15) is 16.4 Å². The third-order valence-corrected chi connectivity index (χ3v) is 4.97. The minimum atomic E-state index is -0.848. The van der Waals surface area contributed by atoms with E-state index >= 15 is 0 Å².